The van der Waals surface area contributed by atoms with Crippen LogP contribution < -0.4 is 4.90 Å². The van der Waals surface area contributed by atoms with Crippen LogP contribution in [0, 0.1) is 6.92 Å². The van der Waals surface area contributed by atoms with Crippen molar-refractivity contribution in [1.29, 1.82) is 0 Å². The van der Waals surface area contributed by atoms with Crippen molar-refractivity contribution in [3.8, 4) is 11.4 Å². The minimum atomic E-state index is -3.27. The van der Waals surface area contributed by atoms with Crippen LogP contribution in [0.1, 0.15) is 30.2 Å². The van der Waals surface area contributed by atoms with E-state index in [2.05, 4.69) is 16.8 Å². The van der Waals surface area contributed by atoms with Crippen LogP contribution in [0.15, 0.2) is 30.5 Å². The molecule has 4 heterocycles. The van der Waals surface area contributed by atoms with Crippen LogP contribution in [-0.4, -0.2) is 55.4 Å². The van der Waals surface area contributed by atoms with Gasteiger partial charge >= 0.3 is 0 Å². The van der Waals surface area contributed by atoms with Crippen molar-refractivity contribution >= 4 is 48.1 Å². The van der Waals surface area contributed by atoms with Crippen LogP contribution in [0.2, 0.25) is 0 Å². The lowest BCUT2D eigenvalue weighted by Gasteiger charge is -2.34. The SMILES string of the molecule is Cc1sc2c(N3CCOC[C@H]3C)nc(-c3cccc4[nH]ccc34)nc2c1C1(S(C)(=O)=O)CC1. The molecule has 0 amide bonds. The first kappa shape index (κ1) is 21.1. The highest BCUT2D eigenvalue weighted by molar-refractivity contribution is 7.92. The van der Waals surface area contributed by atoms with Crippen molar-refractivity contribution in [3.63, 3.8) is 0 Å². The number of nitrogens with zero attached hydrogens (tertiary/aromatic N) is 3. The molecule has 1 atom stereocenters. The molecule has 6 rings (SSSR count). The maximum Gasteiger partial charge on any atom is 0.162 e. The molecule has 2 aliphatic rings. The summed E-state index contributed by atoms with van der Waals surface area (Å²) in [7, 11) is -3.27. The summed E-state index contributed by atoms with van der Waals surface area (Å²) in [5, 5.41) is 1.05. The van der Waals surface area contributed by atoms with Gasteiger partial charge < -0.3 is 14.6 Å². The number of H-pyrrole nitrogens is 1. The maximum absolute atomic E-state index is 12.9. The summed E-state index contributed by atoms with van der Waals surface area (Å²) < 4.78 is 31.6. The number of benzene rings is 1. The number of hydrogen-bond acceptors (Lipinski definition) is 7. The number of hydrogen-bond donors (Lipinski definition) is 1. The quantitative estimate of drug-likeness (QED) is 0.464. The standard InChI is InChI=1S/C24H26N4O3S2/c1-14-13-31-12-11-28(14)23-21-20(19(15(2)32-21)24(8-9-24)33(3,29)30)26-22(27-23)17-5-4-6-18-16(17)7-10-25-18/h4-7,10,14,25H,8-9,11-13H2,1-3H3/t14-/m1/s1. The topological polar surface area (TPSA) is 88.2 Å². The summed E-state index contributed by atoms with van der Waals surface area (Å²) in [6.45, 7) is 6.18. The van der Waals surface area contributed by atoms with Gasteiger partial charge in [0.2, 0.25) is 0 Å². The third kappa shape index (κ3) is 3.13. The Bertz CT molecular complexity index is 1500. The molecule has 4 aromatic rings. The van der Waals surface area contributed by atoms with E-state index < -0.39 is 14.6 Å². The molecule has 0 unspecified atom stereocenters. The van der Waals surface area contributed by atoms with E-state index in [0.717, 1.165) is 49.5 Å². The summed E-state index contributed by atoms with van der Waals surface area (Å²) >= 11 is 1.62. The van der Waals surface area contributed by atoms with E-state index >= 15 is 0 Å². The Morgan fingerprint density at radius 3 is 2.79 bits per heavy atom. The Morgan fingerprint density at radius 1 is 1.24 bits per heavy atom. The van der Waals surface area contributed by atoms with Crippen molar-refractivity contribution in [3.05, 3.63) is 40.9 Å². The molecule has 9 heteroatoms. The van der Waals surface area contributed by atoms with Gasteiger partial charge in [-0.1, -0.05) is 12.1 Å². The fraction of sp³-hybridized carbons (Fsp3) is 0.417. The lowest BCUT2D eigenvalue weighted by molar-refractivity contribution is 0.0987. The fourth-order valence-electron chi connectivity index (χ4n) is 5.17. The molecule has 1 aliphatic heterocycles. The van der Waals surface area contributed by atoms with Crippen LogP contribution in [0.5, 0.6) is 0 Å². The largest absolute Gasteiger partial charge is 0.377 e. The number of aromatic amines is 1. The van der Waals surface area contributed by atoms with Gasteiger partial charge in [-0.15, -0.1) is 11.3 Å². The minimum absolute atomic E-state index is 0.170. The second kappa shape index (κ2) is 7.25. The molecule has 2 fully saturated rings. The number of ether oxygens (including phenoxy) is 1. The number of sulfone groups is 1. The third-order valence-electron chi connectivity index (χ3n) is 7.04. The van der Waals surface area contributed by atoms with Crippen LogP contribution in [0.3, 0.4) is 0 Å². The van der Waals surface area contributed by atoms with Crippen molar-refractivity contribution in [2.75, 3.05) is 30.9 Å². The van der Waals surface area contributed by atoms with E-state index in [4.69, 9.17) is 14.7 Å². The molecule has 1 N–H and O–H groups in total. The molecule has 3 aromatic heterocycles. The van der Waals surface area contributed by atoms with E-state index in [-0.39, 0.29) is 6.04 Å². The molecule has 1 aliphatic carbocycles. The van der Waals surface area contributed by atoms with Gasteiger partial charge in [-0.2, -0.15) is 0 Å². The predicted octanol–water partition coefficient (Wildman–Crippen LogP) is 4.41. The van der Waals surface area contributed by atoms with Crippen LogP contribution in [0.25, 0.3) is 32.5 Å². The maximum atomic E-state index is 12.9. The number of aryl methyl sites for hydroxylation is 1. The number of nitrogens with one attached hydrogen (secondary N) is 1. The predicted molar refractivity (Wildman–Crippen MR) is 133 cm³/mol. The molecule has 7 nitrogen and oxygen atoms in total. The first-order chi connectivity index (χ1) is 15.8. The van der Waals surface area contributed by atoms with Crippen molar-refractivity contribution in [1.82, 2.24) is 15.0 Å². The fourth-order valence-corrected chi connectivity index (χ4v) is 7.89. The molecular formula is C24H26N4O3S2. The zero-order chi connectivity index (χ0) is 23.0. The van der Waals surface area contributed by atoms with Gasteiger partial charge in [-0.05, 0) is 38.8 Å². The van der Waals surface area contributed by atoms with Crippen molar-refractivity contribution in [2.24, 2.45) is 0 Å². The Morgan fingerprint density at radius 2 is 2.06 bits per heavy atom. The molecule has 33 heavy (non-hydrogen) atoms. The normalized spacial score (nSPS) is 20.6. The Balaban J connectivity index is 1.67. The summed E-state index contributed by atoms with van der Waals surface area (Å²) in [6, 6.07) is 8.27. The first-order valence-corrected chi connectivity index (χ1v) is 13.9. The molecule has 1 aromatic carbocycles. The smallest absolute Gasteiger partial charge is 0.162 e. The number of anilines is 1. The Kier molecular flexibility index (Phi) is 4.63. The molecule has 0 radical (unpaired) electrons. The zero-order valence-corrected chi connectivity index (χ0v) is 20.5. The van der Waals surface area contributed by atoms with Crippen molar-refractivity contribution in [2.45, 2.75) is 37.5 Å². The highest BCUT2D eigenvalue weighted by Gasteiger charge is 2.56. The van der Waals surface area contributed by atoms with Crippen LogP contribution >= 0.6 is 11.3 Å². The van der Waals surface area contributed by atoms with Gasteiger partial charge in [0.15, 0.2) is 21.5 Å². The Hall–Kier alpha value is -2.49. The van der Waals surface area contributed by atoms with E-state index in [1.807, 2.05) is 37.4 Å². The highest BCUT2D eigenvalue weighted by Crippen LogP contribution is 2.57. The highest BCUT2D eigenvalue weighted by atomic mass is 32.2. The van der Waals surface area contributed by atoms with E-state index in [9.17, 15) is 8.42 Å². The molecule has 0 spiro atoms. The van der Waals surface area contributed by atoms with Gasteiger partial charge in [-0.3, -0.25) is 0 Å². The number of fused-ring (bicyclic) bond motifs is 2. The molecule has 1 saturated carbocycles. The number of aromatic nitrogens is 3. The van der Waals surface area contributed by atoms with Crippen LogP contribution in [-0.2, 0) is 19.3 Å². The van der Waals surface area contributed by atoms with Gasteiger partial charge in [0.1, 0.15) is 4.75 Å². The lowest BCUT2D eigenvalue weighted by Crippen LogP contribution is -2.44. The molecule has 1 saturated heterocycles. The summed E-state index contributed by atoms with van der Waals surface area (Å²) in [4.78, 5) is 16.7. The second-order valence-corrected chi connectivity index (χ2v) is 12.8. The zero-order valence-electron chi connectivity index (χ0n) is 18.9. The van der Waals surface area contributed by atoms with Crippen molar-refractivity contribution < 1.29 is 13.2 Å². The Labute approximate surface area is 196 Å². The first-order valence-electron chi connectivity index (χ1n) is 11.2. The second-order valence-electron chi connectivity index (χ2n) is 9.21. The average molecular weight is 483 g/mol. The van der Waals surface area contributed by atoms with E-state index in [1.54, 1.807) is 11.3 Å². The van der Waals surface area contributed by atoms with Crippen LogP contribution in [0.4, 0.5) is 5.82 Å². The minimum Gasteiger partial charge on any atom is -0.377 e. The van der Waals surface area contributed by atoms with E-state index in [1.165, 1.54) is 6.26 Å². The molecule has 172 valence electrons. The summed E-state index contributed by atoms with van der Waals surface area (Å²) in [5.41, 5.74) is 3.62. The molecular weight excluding hydrogens is 456 g/mol. The van der Waals surface area contributed by atoms with E-state index in [0.29, 0.717) is 31.9 Å². The number of rotatable bonds is 4. The molecule has 0 bridgehead atoms. The summed E-state index contributed by atoms with van der Waals surface area (Å²) in [5.74, 6) is 1.51. The van der Waals surface area contributed by atoms with Gasteiger partial charge in [0.25, 0.3) is 0 Å². The third-order valence-corrected chi connectivity index (χ3v) is 10.2. The number of thiophene rings is 1. The summed E-state index contributed by atoms with van der Waals surface area (Å²) in [6.07, 6.45) is 4.57. The van der Waals surface area contributed by atoms with Gasteiger partial charge in [0.05, 0.1) is 29.5 Å². The van der Waals surface area contributed by atoms with Gasteiger partial charge in [0, 0.05) is 45.9 Å². The lowest BCUT2D eigenvalue weighted by atomic mass is 10.1. The monoisotopic (exact) mass is 482 g/mol. The number of morpholine rings is 1. The van der Waals surface area contributed by atoms with Gasteiger partial charge in [-0.25, -0.2) is 18.4 Å². The average Bonchev–Trinajstić information content (AvgIpc) is 3.32.